The molecule has 0 spiro atoms. The van der Waals surface area contributed by atoms with Gasteiger partial charge in [0, 0.05) is 44.9 Å². The zero-order chi connectivity index (χ0) is 31.7. The Morgan fingerprint density at radius 3 is 1.93 bits per heavy atom. The topological polar surface area (TPSA) is 351 Å². The van der Waals surface area contributed by atoms with Crippen LogP contribution in [0.15, 0.2) is 9.98 Å². The van der Waals surface area contributed by atoms with Crippen molar-refractivity contribution in [2.75, 3.05) is 44.2 Å². The van der Waals surface area contributed by atoms with E-state index in [1.807, 2.05) is 0 Å². The fourth-order valence-corrected chi connectivity index (χ4v) is 3.86. The normalized spacial score (nSPS) is 12.0. The predicted molar refractivity (Wildman–Crippen MR) is 160 cm³/mol. The van der Waals surface area contributed by atoms with Gasteiger partial charge in [-0.1, -0.05) is 0 Å². The van der Waals surface area contributed by atoms with Crippen molar-refractivity contribution in [2.45, 2.75) is 51.0 Å². The second-order valence-electron chi connectivity index (χ2n) is 9.38. The lowest BCUT2D eigenvalue weighted by Crippen LogP contribution is -2.42. The molecule has 2 atom stereocenters. The molecule has 18 heteroatoms. The largest absolute Gasteiger partial charge is 0.382 e. The first-order valence-corrected chi connectivity index (χ1v) is 13.5. The van der Waals surface area contributed by atoms with E-state index in [-0.39, 0.29) is 98.5 Å². The highest BCUT2D eigenvalue weighted by Gasteiger charge is 2.28. The molecule has 0 aliphatic rings. The van der Waals surface area contributed by atoms with Crippen LogP contribution < -0.4 is 56.5 Å². The number of guanidine groups is 2. The van der Waals surface area contributed by atoms with Crippen molar-refractivity contribution in [1.82, 2.24) is 20.6 Å². The highest BCUT2D eigenvalue weighted by molar-refractivity contribution is 6.03. The van der Waals surface area contributed by atoms with E-state index in [9.17, 15) is 19.2 Å². The van der Waals surface area contributed by atoms with Crippen molar-refractivity contribution in [2.24, 2.45) is 50.3 Å². The Kier molecular flexibility index (Phi) is 15.8. The van der Waals surface area contributed by atoms with Crippen molar-refractivity contribution in [3.8, 4) is 0 Å². The van der Waals surface area contributed by atoms with Gasteiger partial charge in [0.1, 0.15) is 0 Å². The van der Waals surface area contributed by atoms with Gasteiger partial charge in [0.25, 0.3) is 5.91 Å². The molecule has 0 fully saturated rings. The maximum absolute atomic E-state index is 13.1. The number of aromatic nitrogens is 2. The maximum atomic E-state index is 13.1. The van der Waals surface area contributed by atoms with E-state index in [4.69, 9.17) is 45.9 Å². The molecule has 0 saturated carbocycles. The minimum Gasteiger partial charge on any atom is -0.382 e. The van der Waals surface area contributed by atoms with Gasteiger partial charge in [-0.2, -0.15) is 0 Å². The predicted octanol–water partition coefficient (Wildman–Crippen LogP) is -3.58. The zero-order valence-corrected chi connectivity index (χ0v) is 23.7. The van der Waals surface area contributed by atoms with Crippen LogP contribution in [0.3, 0.4) is 0 Å². The molecule has 0 aliphatic heterocycles. The van der Waals surface area contributed by atoms with Crippen molar-refractivity contribution in [3.63, 3.8) is 0 Å². The van der Waals surface area contributed by atoms with Crippen LogP contribution in [0, 0.1) is 5.92 Å². The molecule has 42 heavy (non-hydrogen) atoms. The van der Waals surface area contributed by atoms with E-state index >= 15 is 0 Å². The number of Topliss-reactive ketones (excluding diaryl/α,β-unsaturated/α-hetero) is 2. The summed E-state index contributed by atoms with van der Waals surface area (Å²) in [5.41, 5.74) is 43.6. The van der Waals surface area contributed by atoms with Crippen LogP contribution in [0.2, 0.25) is 0 Å². The lowest BCUT2D eigenvalue weighted by Gasteiger charge is -2.18. The van der Waals surface area contributed by atoms with Crippen molar-refractivity contribution in [3.05, 3.63) is 11.4 Å². The van der Waals surface area contributed by atoms with E-state index in [0.29, 0.717) is 25.8 Å². The number of hydrogen-bond donors (Lipinski definition) is 10. The molecule has 0 radical (unpaired) electrons. The number of carbonyl (C=O) groups is 4. The summed E-state index contributed by atoms with van der Waals surface area (Å²) in [7, 11) is 0. The van der Waals surface area contributed by atoms with Gasteiger partial charge in [-0.05, 0) is 38.6 Å². The zero-order valence-electron chi connectivity index (χ0n) is 23.7. The van der Waals surface area contributed by atoms with E-state index in [0.717, 1.165) is 0 Å². The number of nitrogens with two attached hydrogens (primary N) is 8. The van der Waals surface area contributed by atoms with Gasteiger partial charge in [0.15, 0.2) is 46.5 Å². The van der Waals surface area contributed by atoms with E-state index in [1.165, 1.54) is 0 Å². The summed E-state index contributed by atoms with van der Waals surface area (Å²) in [5, 5.41) is 5.25. The average molecular weight is 593 g/mol. The lowest BCUT2D eigenvalue weighted by molar-refractivity contribution is -0.125. The molecule has 1 aromatic heterocycles. The van der Waals surface area contributed by atoms with Gasteiger partial charge < -0.3 is 56.5 Å². The highest BCUT2D eigenvalue weighted by Crippen LogP contribution is 2.20. The monoisotopic (exact) mass is 592 g/mol. The summed E-state index contributed by atoms with van der Waals surface area (Å²) in [4.78, 5) is 67.2. The van der Waals surface area contributed by atoms with Crippen LogP contribution in [0.4, 0.5) is 11.6 Å². The Bertz CT molecular complexity index is 1040. The molecule has 1 aromatic rings. The highest BCUT2D eigenvalue weighted by atomic mass is 16.2. The molecule has 2 amide bonds. The number of carbonyl (C=O) groups excluding carboxylic acids is 4. The Balaban J connectivity index is 3.08. The number of rotatable bonds is 20. The minimum atomic E-state index is -0.895. The van der Waals surface area contributed by atoms with Crippen molar-refractivity contribution < 1.29 is 19.2 Å². The summed E-state index contributed by atoms with van der Waals surface area (Å²) in [6.45, 7) is 1.26. The fourth-order valence-electron chi connectivity index (χ4n) is 3.86. The maximum Gasteiger partial charge on any atom is 0.274 e. The molecule has 0 saturated heterocycles. The fraction of sp³-hybridized carbons (Fsp3) is 0.583. The van der Waals surface area contributed by atoms with Crippen LogP contribution in [0.25, 0.3) is 0 Å². The standard InChI is InChI=1S/C24H44N14O4/c25-7-1-6-15(39)14(5-3-10-35-24(31)32)36-22(42)18-20(28)37-17(19(27)38-18)16(40)12-13(21(41)33-11-8-26)4-2-9-34-23(29)30/h13-14H,1-12,25-26H2,(H2,27,38)(H2,28,37)(H,33,41)(H,36,42)(H4,29,30,34)(H4,31,32,35)/t13-,14+/m1/s1. The number of aliphatic imine (C=N–C) groups is 2. The van der Waals surface area contributed by atoms with Crippen LogP contribution >= 0.6 is 0 Å². The van der Waals surface area contributed by atoms with Gasteiger partial charge in [-0.25, -0.2) is 9.97 Å². The van der Waals surface area contributed by atoms with E-state index < -0.39 is 23.7 Å². The summed E-state index contributed by atoms with van der Waals surface area (Å²) in [6.07, 6.45) is 1.66. The van der Waals surface area contributed by atoms with E-state index in [1.54, 1.807) is 0 Å². The number of amides is 2. The Morgan fingerprint density at radius 2 is 1.36 bits per heavy atom. The summed E-state index contributed by atoms with van der Waals surface area (Å²) >= 11 is 0. The summed E-state index contributed by atoms with van der Waals surface area (Å²) in [5.74, 6) is -3.73. The SMILES string of the molecule is NCCCC(=O)[C@H](CCCN=C(N)N)NC(=O)c1nc(N)c(C(=O)C[C@@H](CCCN=C(N)N)C(=O)NCCN)nc1N. The molecule has 234 valence electrons. The van der Waals surface area contributed by atoms with Crippen LogP contribution in [0.1, 0.15) is 65.9 Å². The third kappa shape index (κ3) is 12.7. The number of nitrogens with one attached hydrogen (secondary N) is 2. The average Bonchev–Trinajstić information content (AvgIpc) is 2.93. The van der Waals surface area contributed by atoms with Gasteiger partial charge >= 0.3 is 0 Å². The van der Waals surface area contributed by atoms with Gasteiger partial charge in [-0.3, -0.25) is 29.2 Å². The number of nitrogens with zero attached hydrogens (tertiary/aromatic N) is 4. The Labute approximate surface area is 243 Å². The lowest BCUT2D eigenvalue weighted by atomic mass is 9.94. The number of hydrogen-bond acceptors (Lipinski definition) is 12. The molecular formula is C24H44N14O4. The third-order valence-corrected chi connectivity index (χ3v) is 5.95. The number of nitrogen functional groups attached to an aromatic ring is 2. The van der Waals surface area contributed by atoms with Crippen molar-refractivity contribution in [1.29, 1.82) is 0 Å². The third-order valence-electron chi connectivity index (χ3n) is 5.95. The molecule has 0 unspecified atom stereocenters. The van der Waals surface area contributed by atoms with Crippen LogP contribution in [-0.2, 0) is 9.59 Å². The van der Waals surface area contributed by atoms with Crippen LogP contribution in [0.5, 0.6) is 0 Å². The molecule has 18 N–H and O–H groups in total. The first kappa shape index (κ1) is 35.4. The van der Waals surface area contributed by atoms with Gasteiger partial charge in [-0.15, -0.1) is 0 Å². The number of anilines is 2. The first-order valence-electron chi connectivity index (χ1n) is 13.5. The van der Waals surface area contributed by atoms with Crippen LogP contribution in [-0.4, -0.2) is 84.0 Å². The van der Waals surface area contributed by atoms with Crippen molar-refractivity contribution >= 4 is 46.9 Å². The second-order valence-corrected chi connectivity index (χ2v) is 9.38. The molecular weight excluding hydrogens is 548 g/mol. The van der Waals surface area contributed by atoms with Gasteiger partial charge in [0.2, 0.25) is 5.91 Å². The quantitative estimate of drug-likeness (QED) is 0.0303. The second kappa shape index (κ2) is 18.7. The molecule has 1 rings (SSSR count). The summed E-state index contributed by atoms with van der Waals surface area (Å²) in [6, 6.07) is -0.895. The Morgan fingerprint density at radius 1 is 0.786 bits per heavy atom. The smallest absolute Gasteiger partial charge is 0.274 e. The first-order chi connectivity index (χ1) is 19.9. The number of ketones is 2. The molecule has 0 aliphatic carbocycles. The molecule has 18 nitrogen and oxygen atoms in total. The van der Waals surface area contributed by atoms with Gasteiger partial charge in [0.05, 0.1) is 6.04 Å². The minimum absolute atomic E-state index is 0.0879. The molecule has 1 heterocycles. The molecule has 0 aromatic carbocycles. The summed E-state index contributed by atoms with van der Waals surface area (Å²) < 4.78 is 0. The Hall–Kier alpha value is -4.58. The molecule has 0 bridgehead atoms. The van der Waals surface area contributed by atoms with E-state index in [2.05, 4.69) is 30.6 Å².